The van der Waals surface area contributed by atoms with E-state index in [1.165, 1.54) is 11.8 Å². The molecule has 0 aliphatic rings. The SMILES string of the molecule is CCOc1ccc(-n2c(C(C)N(CCN=C(N)SC)C(=O)Cc3ccc(Cl)c(Cl)c3)nc3ccccc3c2=O)cc1. The number of rotatable bonds is 10. The molecule has 1 aromatic heterocycles. The molecule has 4 rings (SSSR count). The van der Waals surface area contributed by atoms with Gasteiger partial charge >= 0.3 is 0 Å². The van der Waals surface area contributed by atoms with Crippen LogP contribution in [-0.2, 0) is 11.2 Å². The van der Waals surface area contributed by atoms with Gasteiger partial charge in [0.25, 0.3) is 5.56 Å². The summed E-state index contributed by atoms with van der Waals surface area (Å²) >= 11 is 13.6. The van der Waals surface area contributed by atoms with Crippen LogP contribution < -0.4 is 16.0 Å². The summed E-state index contributed by atoms with van der Waals surface area (Å²) in [5.74, 6) is 0.923. The summed E-state index contributed by atoms with van der Waals surface area (Å²) in [7, 11) is 0. The second-order valence-corrected chi connectivity index (χ2v) is 10.8. The first kappa shape index (κ1) is 30.4. The van der Waals surface area contributed by atoms with E-state index in [2.05, 4.69) is 4.99 Å². The van der Waals surface area contributed by atoms with Crippen LogP contribution in [0.3, 0.4) is 0 Å². The molecule has 4 aromatic rings. The fourth-order valence-corrected chi connectivity index (χ4v) is 5.01. The molecule has 0 fully saturated rings. The Morgan fingerprint density at radius 1 is 1.12 bits per heavy atom. The largest absolute Gasteiger partial charge is 0.494 e. The van der Waals surface area contributed by atoms with E-state index < -0.39 is 6.04 Å². The normalized spacial score (nSPS) is 12.4. The van der Waals surface area contributed by atoms with E-state index in [4.69, 9.17) is 38.7 Å². The number of carbonyl (C=O) groups excluding carboxylic acids is 1. The maximum atomic E-state index is 13.9. The first-order valence-corrected chi connectivity index (χ1v) is 15.0. The van der Waals surface area contributed by atoms with Crippen molar-refractivity contribution in [3.63, 3.8) is 0 Å². The number of aliphatic imine (C=N–C) groups is 1. The van der Waals surface area contributed by atoms with Gasteiger partial charge in [0.2, 0.25) is 5.91 Å². The zero-order chi connectivity index (χ0) is 29.5. The highest BCUT2D eigenvalue weighted by Crippen LogP contribution is 2.26. The Labute approximate surface area is 253 Å². The number of benzene rings is 3. The van der Waals surface area contributed by atoms with Crippen LogP contribution in [0.15, 0.2) is 76.5 Å². The lowest BCUT2D eigenvalue weighted by Gasteiger charge is -2.30. The highest BCUT2D eigenvalue weighted by molar-refractivity contribution is 8.13. The Kier molecular flexibility index (Phi) is 10.3. The van der Waals surface area contributed by atoms with Crippen molar-refractivity contribution in [2.75, 3.05) is 26.0 Å². The zero-order valence-electron chi connectivity index (χ0n) is 23.0. The molecule has 1 atom stereocenters. The van der Waals surface area contributed by atoms with Gasteiger partial charge in [-0.25, -0.2) is 4.98 Å². The topological polar surface area (TPSA) is 103 Å². The third-order valence-electron chi connectivity index (χ3n) is 6.53. The Hall–Kier alpha value is -3.53. The molecule has 0 radical (unpaired) electrons. The van der Waals surface area contributed by atoms with Crippen molar-refractivity contribution in [1.82, 2.24) is 14.5 Å². The number of nitrogens with two attached hydrogens (primary N) is 1. The summed E-state index contributed by atoms with van der Waals surface area (Å²) < 4.78 is 7.15. The van der Waals surface area contributed by atoms with E-state index >= 15 is 0 Å². The number of amides is 1. The molecule has 1 heterocycles. The molecular formula is C30H31Cl2N5O3S. The monoisotopic (exact) mass is 611 g/mol. The van der Waals surface area contributed by atoms with E-state index in [1.54, 1.807) is 45.9 Å². The van der Waals surface area contributed by atoms with Crippen molar-refractivity contribution >= 4 is 56.9 Å². The summed E-state index contributed by atoms with van der Waals surface area (Å²) in [4.78, 5) is 38.6. The predicted octanol–water partition coefficient (Wildman–Crippen LogP) is 5.90. The van der Waals surface area contributed by atoms with Crippen molar-refractivity contribution in [1.29, 1.82) is 0 Å². The van der Waals surface area contributed by atoms with Crippen LogP contribution >= 0.6 is 35.0 Å². The molecule has 0 saturated carbocycles. The predicted molar refractivity (Wildman–Crippen MR) is 169 cm³/mol. The Balaban J connectivity index is 1.81. The number of amidine groups is 1. The van der Waals surface area contributed by atoms with Crippen LogP contribution in [0.5, 0.6) is 5.75 Å². The number of aromatic nitrogens is 2. The van der Waals surface area contributed by atoms with Crippen LogP contribution in [0.1, 0.15) is 31.3 Å². The third kappa shape index (κ3) is 7.22. The zero-order valence-corrected chi connectivity index (χ0v) is 25.3. The number of para-hydroxylation sites is 1. The van der Waals surface area contributed by atoms with E-state index in [1.807, 2.05) is 50.4 Å². The van der Waals surface area contributed by atoms with E-state index in [-0.39, 0.29) is 31.0 Å². The Morgan fingerprint density at radius 3 is 2.54 bits per heavy atom. The molecule has 0 bridgehead atoms. The molecule has 3 aromatic carbocycles. The van der Waals surface area contributed by atoms with Gasteiger partial charge in [-0.3, -0.25) is 19.1 Å². The van der Waals surface area contributed by atoms with Gasteiger partial charge in [0.05, 0.1) is 52.2 Å². The van der Waals surface area contributed by atoms with Crippen molar-refractivity contribution in [2.45, 2.75) is 26.3 Å². The van der Waals surface area contributed by atoms with Crippen molar-refractivity contribution in [3.05, 3.63) is 98.5 Å². The summed E-state index contributed by atoms with van der Waals surface area (Å²) in [6.45, 7) is 4.83. The molecule has 0 aliphatic carbocycles. The molecule has 0 saturated heterocycles. The van der Waals surface area contributed by atoms with E-state index in [0.717, 1.165) is 0 Å². The Bertz CT molecular complexity index is 1630. The van der Waals surface area contributed by atoms with Crippen molar-refractivity contribution < 1.29 is 9.53 Å². The van der Waals surface area contributed by atoms with Gasteiger partial charge in [0.1, 0.15) is 11.6 Å². The summed E-state index contributed by atoms with van der Waals surface area (Å²) in [6.07, 6.45) is 1.91. The standard InChI is InChI=1S/C30H31Cl2N5O3S/c1-4-40-22-12-10-21(11-13-22)37-28(35-26-8-6-5-7-23(26)29(37)39)19(2)36(16-15-34-30(33)41-3)27(38)18-20-9-14-24(31)25(32)17-20/h5-14,17,19H,4,15-16,18H2,1-3H3,(H2,33,34). The number of ether oxygens (including phenoxy) is 1. The maximum Gasteiger partial charge on any atom is 0.266 e. The van der Waals surface area contributed by atoms with Gasteiger partial charge in [-0.15, -0.1) is 0 Å². The minimum Gasteiger partial charge on any atom is -0.494 e. The lowest BCUT2D eigenvalue weighted by Crippen LogP contribution is -2.39. The quantitative estimate of drug-likeness (QED) is 0.177. The fraction of sp³-hybridized carbons (Fsp3) is 0.267. The summed E-state index contributed by atoms with van der Waals surface area (Å²) in [6, 6.07) is 18.9. The van der Waals surface area contributed by atoms with Gasteiger partial charge in [0, 0.05) is 6.54 Å². The molecule has 1 unspecified atom stereocenters. The van der Waals surface area contributed by atoms with E-state index in [9.17, 15) is 9.59 Å². The number of fused-ring (bicyclic) bond motifs is 1. The van der Waals surface area contributed by atoms with E-state index in [0.29, 0.717) is 55.5 Å². The fourth-order valence-electron chi connectivity index (χ4n) is 4.47. The minimum absolute atomic E-state index is 0.0732. The first-order chi connectivity index (χ1) is 19.7. The third-order valence-corrected chi connectivity index (χ3v) is 7.81. The number of hydrogen-bond donors (Lipinski definition) is 1. The van der Waals surface area contributed by atoms with Gasteiger partial charge in [0.15, 0.2) is 5.17 Å². The minimum atomic E-state index is -0.597. The molecular weight excluding hydrogens is 581 g/mol. The molecule has 8 nitrogen and oxygen atoms in total. The van der Waals surface area contributed by atoms with Crippen molar-refractivity contribution in [2.24, 2.45) is 10.7 Å². The van der Waals surface area contributed by atoms with Crippen LogP contribution in [0, 0.1) is 0 Å². The molecule has 0 spiro atoms. The number of carbonyl (C=O) groups is 1. The number of halogens is 2. The van der Waals surface area contributed by atoms with Crippen LogP contribution in [-0.4, -0.2) is 51.5 Å². The molecule has 1 amide bonds. The number of nitrogens with zero attached hydrogens (tertiary/aromatic N) is 4. The summed E-state index contributed by atoms with van der Waals surface area (Å²) in [5.41, 5.74) is 7.54. The smallest absolute Gasteiger partial charge is 0.266 e. The highest BCUT2D eigenvalue weighted by Gasteiger charge is 2.27. The molecule has 41 heavy (non-hydrogen) atoms. The first-order valence-electron chi connectivity index (χ1n) is 13.1. The Morgan fingerprint density at radius 2 is 1.85 bits per heavy atom. The second-order valence-electron chi connectivity index (χ2n) is 9.17. The number of thioether (sulfide) groups is 1. The van der Waals surface area contributed by atoms with Crippen LogP contribution in [0.2, 0.25) is 10.0 Å². The summed E-state index contributed by atoms with van der Waals surface area (Å²) in [5, 5.41) is 1.68. The highest BCUT2D eigenvalue weighted by atomic mass is 35.5. The maximum absolute atomic E-state index is 13.9. The van der Waals surface area contributed by atoms with Gasteiger partial charge < -0.3 is 15.4 Å². The van der Waals surface area contributed by atoms with Crippen LogP contribution in [0.4, 0.5) is 0 Å². The average Bonchev–Trinajstić information content (AvgIpc) is 2.97. The van der Waals surface area contributed by atoms with Gasteiger partial charge in [-0.2, -0.15) is 0 Å². The van der Waals surface area contributed by atoms with Crippen molar-refractivity contribution in [3.8, 4) is 11.4 Å². The van der Waals surface area contributed by atoms with Crippen LogP contribution in [0.25, 0.3) is 16.6 Å². The van der Waals surface area contributed by atoms with Gasteiger partial charge in [-0.05, 0) is 74.2 Å². The van der Waals surface area contributed by atoms with Gasteiger partial charge in [-0.1, -0.05) is 53.2 Å². The molecule has 0 aliphatic heterocycles. The lowest BCUT2D eigenvalue weighted by atomic mass is 10.1. The second kappa shape index (κ2) is 13.9. The molecule has 11 heteroatoms. The average molecular weight is 613 g/mol. The lowest BCUT2D eigenvalue weighted by molar-refractivity contribution is -0.132. The number of hydrogen-bond acceptors (Lipinski definition) is 6. The molecule has 2 N–H and O–H groups in total. The molecule has 214 valence electrons.